The number of piperidine rings is 1. The van der Waals surface area contributed by atoms with E-state index in [1.54, 1.807) is 29.2 Å². The van der Waals surface area contributed by atoms with Crippen molar-refractivity contribution in [3.05, 3.63) is 35.4 Å². The molecule has 1 aromatic carbocycles. The summed E-state index contributed by atoms with van der Waals surface area (Å²) in [5.74, 6) is 0.156. The number of imide groups is 1. The van der Waals surface area contributed by atoms with E-state index < -0.39 is 11.8 Å². The summed E-state index contributed by atoms with van der Waals surface area (Å²) in [5, 5.41) is 0. The fourth-order valence-corrected chi connectivity index (χ4v) is 4.93. The predicted molar refractivity (Wildman–Crippen MR) is 114 cm³/mol. The lowest BCUT2D eigenvalue weighted by Crippen LogP contribution is -2.54. The summed E-state index contributed by atoms with van der Waals surface area (Å²) in [6.45, 7) is 8.35. The Kier molecular flexibility index (Phi) is 6.09. The first-order valence-corrected chi connectivity index (χ1v) is 11.1. The highest BCUT2D eigenvalue weighted by Crippen LogP contribution is 2.23. The van der Waals surface area contributed by atoms with Crippen molar-refractivity contribution < 1.29 is 19.2 Å². The zero-order valence-electron chi connectivity index (χ0n) is 18.2. The van der Waals surface area contributed by atoms with E-state index in [0.717, 1.165) is 24.4 Å². The average Bonchev–Trinajstić information content (AvgIpc) is 2.98. The number of fused-ring (bicyclic) bond motifs is 1. The van der Waals surface area contributed by atoms with Gasteiger partial charge in [0, 0.05) is 39.3 Å². The van der Waals surface area contributed by atoms with Crippen molar-refractivity contribution in [1.82, 2.24) is 19.6 Å². The van der Waals surface area contributed by atoms with E-state index in [1.165, 1.54) is 0 Å². The third-order valence-electron chi connectivity index (χ3n) is 6.48. The molecule has 0 unspecified atom stereocenters. The Labute approximate surface area is 182 Å². The molecule has 0 spiro atoms. The first kappa shape index (κ1) is 21.5. The monoisotopic (exact) mass is 426 g/mol. The van der Waals surface area contributed by atoms with Crippen LogP contribution in [0.5, 0.6) is 0 Å². The number of likely N-dealkylation sites (tertiary alicyclic amines) is 1. The van der Waals surface area contributed by atoms with E-state index in [1.807, 2.05) is 4.90 Å². The van der Waals surface area contributed by atoms with Gasteiger partial charge in [0.2, 0.25) is 11.8 Å². The van der Waals surface area contributed by atoms with Crippen LogP contribution in [0.3, 0.4) is 0 Å². The Hall–Kier alpha value is -2.74. The van der Waals surface area contributed by atoms with Crippen molar-refractivity contribution in [3.8, 4) is 0 Å². The Balaban J connectivity index is 1.26. The zero-order valence-corrected chi connectivity index (χ0v) is 18.2. The SMILES string of the molecule is C[C@@H]1C[C@@H](C)CN(C(=O)CN2CCN(C(=O)CN3C(=O)c4ccccc4C3=O)CC2)C1. The van der Waals surface area contributed by atoms with Gasteiger partial charge in [-0.2, -0.15) is 0 Å². The lowest BCUT2D eigenvalue weighted by Gasteiger charge is -2.38. The van der Waals surface area contributed by atoms with Crippen LogP contribution in [0.15, 0.2) is 24.3 Å². The van der Waals surface area contributed by atoms with Crippen LogP contribution < -0.4 is 0 Å². The van der Waals surface area contributed by atoms with Gasteiger partial charge in [-0.25, -0.2) is 0 Å². The maximum atomic E-state index is 12.7. The molecular weight excluding hydrogens is 396 g/mol. The van der Waals surface area contributed by atoms with Gasteiger partial charge in [-0.1, -0.05) is 26.0 Å². The smallest absolute Gasteiger partial charge is 0.262 e. The van der Waals surface area contributed by atoms with Crippen molar-refractivity contribution in [1.29, 1.82) is 0 Å². The van der Waals surface area contributed by atoms with Crippen LogP contribution in [0.1, 0.15) is 41.0 Å². The molecule has 3 aliphatic rings. The van der Waals surface area contributed by atoms with Crippen LogP contribution in [0.25, 0.3) is 0 Å². The second-order valence-corrected chi connectivity index (χ2v) is 9.14. The molecule has 8 heteroatoms. The summed E-state index contributed by atoms with van der Waals surface area (Å²) in [4.78, 5) is 57.2. The van der Waals surface area contributed by atoms with Crippen molar-refractivity contribution in [3.63, 3.8) is 0 Å². The molecule has 2 saturated heterocycles. The Morgan fingerprint density at radius 3 is 1.87 bits per heavy atom. The highest BCUT2D eigenvalue weighted by Gasteiger charge is 2.37. The van der Waals surface area contributed by atoms with E-state index in [0.29, 0.717) is 55.7 Å². The molecule has 0 aromatic heterocycles. The number of hydrogen-bond acceptors (Lipinski definition) is 5. The summed E-state index contributed by atoms with van der Waals surface area (Å²) >= 11 is 0. The lowest BCUT2D eigenvalue weighted by molar-refractivity contribution is -0.137. The third kappa shape index (κ3) is 4.49. The van der Waals surface area contributed by atoms with Gasteiger partial charge in [0.1, 0.15) is 6.54 Å². The van der Waals surface area contributed by atoms with E-state index >= 15 is 0 Å². The van der Waals surface area contributed by atoms with Crippen LogP contribution in [0.2, 0.25) is 0 Å². The Morgan fingerprint density at radius 2 is 1.32 bits per heavy atom. The first-order valence-electron chi connectivity index (χ1n) is 11.1. The molecule has 0 radical (unpaired) electrons. The summed E-state index contributed by atoms with van der Waals surface area (Å²) in [6.07, 6.45) is 1.16. The molecule has 31 heavy (non-hydrogen) atoms. The molecule has 166 valence electrons. The quantitative estimate of drug-likeness (QED) is 0.669. The van der Waals surface area contributed by atoms with E-state index in [4.69, 9.17) is 0 Å². The number of nitrogens with zero attached hydrogens (tertiary/aromatic N) is 4. The van der Waals surface area contributed by atoms with Crippen molar-refractivity contribution in [2.75, 3.05) is 52.4 Å². The van der Waals surface area contributed by atoms with Crippen molar-refractivity contribution >= 4 is 23.6 Å². The van der Waals surface area contributed by atoms with Gasteiger partial charge in [-0.3, -0.25) is 29.0 Å². The predicted octanol–water partition coefficient (Wildman–Crippen LogP) is 0.931. The maximum absolute atomic E-state index is 12.7. The van der Waals surface area contributed by atoms with Gasteiger partial charge in [0.15, 0.2) is 0 Å². The highest BCUT2D eigenvalue weighted by molar-refractivity contribution is 6.22. The van der Waals surface area contributed by atoms with E-state index in [2.05, 4.69) is 18.7 Å². The van der Waals surface area contributed by atoms with Crippen LogP contribution in [-0.4, -0.2) is 95.6 Å². The van der Waals surface area contributed by atoms with Gasteiger partial charge < -0.3 is 9.80 Å². The zero-order chi connectivity index (χ0) is 22.1. The number of amides is 4. The maximum Gasteiger partial charge on any atom is 0.262 e. The minimum absolute atomic E-state index is 0.157. The molecule has 1 aromatic rings. The number of rotatable bonds is 4. The number of piperazine rings is 1. The van der Waals surface area contributed by atoms with Crippen LogP contribution >= 0.6 is 0 Å². The largest absolute Gasteiger partial charge is 0.341 e. The summed E-state index contributed by atoms with van der Waals surface area (Å²) in [7, 11) is 0. The molecule has 3 aliphatic heterocycles. The summed E-state index contributed by atoms with van der Waals surface area (Å²) in [5.41, 5.74) is 0.704. The number of carbonyl (C=O) groups excluding carboxylic acids is 4. The van der Waals surface area contributed by atoms with Gasteiger partial charge in [-0.15, -0.1) is 0 Å². The van der Waals surface area contributed by atoms with Gasteiger partial charge >= 0.3 is 0 Å². The molecule has 4 rings (SSSR count). The molecule has 0 N–H and O–H groups in total. The molecule has 0 saturated carbocycles. The molecule has 3 heterocycles. The minimum atomic E-state index is -0.414. The molecular formula is C23H30N4O4. The molecule has 2 fully saturated rings. The Bertz CT molecular complexity index is 848. The van der Waals surface area contributed by atoms with Crippen LogP contribution in [0.4, 0.5) is 0 Å². The average molecular weight is 427 g/mol. The standard InChI is InChI=1S/C23H30N4O4/c1-16-11-17(2)13-26(12-16)20(28)14-24-7-9-25(10-8-24)21(29)15-27-22(30)18-5-3-4-6-19(18)23(27)31/h3-6,16-17H,7-15H2,1-2H3/t16-,17-/m1/s1. The van der Waals surface area contributed by atoms with Gasteiger partial charge in [0.25, 0.3) is 11.8 Å². The van der Waals surface area contributed by atoms with Gasteiger partial charge in [0.05, 0.1) is 17.7 Å². The molecule has 8 nitrogen and oxygen atoms in total. The number of benzene rings is 1. The minimum Gasteiger partial charge on any atom is -0.341 e. The second-order valence-electron chi connectivity index (χ2n) is 9.14. The van der Waals surface area contributed by atoms with Gasteiger partial charge in [-0.05, 0) is 30.4 Å². The van der Waals surface area contributed by atoms with Crippen molar-refractivity contribution in [2.45, 2.75) is 20.3 Å². The fraction of sp³-hybridized carbons (Fsp3) is 0.565. The van der Waals surface area contributed by atoms with Crippen molar-refractivity contribution in [2.24, 2.45) is 11.8 Å². The molecule has 4 amide bonds. The fourth-order valence-electron chi connectivity index (χ4n) is 4.93. The molecule has 2 atom stereocenters. The molecule has 0 bridgehead atoms. The topological polar surface area (TPSA) is 81.2 Å². The summed E-state index contributed by atoms with van der Waals surface area (Å²) in [6, 6.07) is 6.64. The highest BCUT2D eigenvalue weighted by atomic mass is 16.2. The first-order chi connectivity index (χ1) is 14.8. The second kappa shape index (κ2) is 8.78. The number of hydrogen-bond donors (Lipinski definition) is 0. The summed E-state index contributed by atoms with van der Waals surface area (Å²) < 4.78 is 0. The van der Waals surface area contributed by atoms with E-state index in [-0.39, 0.29) is 18.4 Å². The van der Waals surface area contributed by atoms with E-state index in [9.17, 15) is 19.2 Å². The lowest BCUT2D eigenvalue weighted by atomic mass is 9.92. The van der Waals surface area contributed by atoms with Crippen LogP contribution in [-0.2, 0) is 9.59 Å². The Morgan fingerprint density at radius 1 is 0.806 bits per heavy atom. The normalized spacial score (nSPS) is 24.5. The van der Waals surface area contributed by atoms with Crippen LogP contribution in [0, 0.1) is 11.8 Å². The third-order valence-corrected chi connectivity index (χ3v) is 6.48. The number of carbonyl (C=O) groups is 4. The molecule has 0 aliphatic carbocycles.